The first kappa shape index (κ1) is 35.6. The fourth-order valence-electron chi connectivity index (χ4n) is 2.78. The number of nitro groups is 3. The lowest BCUT2D eigenvalue weighted by atomic mass is 10.3. The molecule has 0 atom stereocenters. The summed E-state index contributed by atoms with van der Waals surface area (Å²) in [5, 5.41) is 31.2. The van der Waals surface area contributed by atoms with Crippen molar-refractivity contribution in [1.29, 1.82) is 0 Å². The Morgan fingerprint density at radius 3 is 1.71 bits per heavy atom. The van der Waals surface area contributed by atoms with Crippen molar-refractivity contribution >= 4 is 79.2 Å². The Hall–Kier alpha value is -5.43. The third-order valence-corrected chi connectivity index (χ3v) is 4.43. The zero-order valence-corrected chi connectivity index (χ0v) is 22.4. The van der Waals surface area contributed by atoms with Crippen LogP contribution in [0.2, 0.25) is 0 Å². The van der Waals surface area contributed by atoms with Crippen LogP contribution >= 0.6 is 23.2 Å². The molecule has 1 heterocycles. The van der Waals surface area contributed by atoms with Gasteiger partial charge in [-0.2, -0.15) is 0 Å². The third kappa shape index (κ3) is 11.5. The van der Waals surface area contributed by atoms with E-state index in [-0.39, 0.29) is 45.9 Å². The average molecular weight is 611 g/mol. The van der Waals surface area contributed by atoms with Crippen molar-refractivity contribution in [3.05, 3.63) is 97.1 Å². The lowest BCUT2D eigenvalue weighted by Gasteiger charge is -1.94. The molecule has 0 aliphatic rings. The number of nitrogens with one attached hydrogen (secondary N) is 1. The van der Waals surface area contributed by atoms with Crippen molar-refractivity contribution in [2.45, 2.75) is 0 Å². The molecule has 4 aromatic rings. The number of guanidine groups is 1. The van der Waals surface area contributed by atoms with E-state index >= 15 is 0 Å². The fourth-order valence-corrected chi connectivity index (χ4v) is 2.98. The number of nitro benzene ring substituents is 3. The number of aliphatic imine (C=N–C) groups is 2. The van der Waals surface area contributed by atoms with E-state index in [4.69, 9.17) is 40.4 Å². The molecule has 0 bridgehead atoms. The highest BCUT2D eigenvalue weighted by molar-refractivity contribution is 6.95. The van der Waals surface area contributed by atoms with Gasteiger partial charge in [0.1, 0.15) is 0 Å². The molecule has 0 unspecified atom stereocenters. The lowest BCUT2D eigenvalue weighted by molar-refractivity contribution is -0.385. The van der Waals surface area contributed by atoms with E-state index < -0.39 is 14.8 Å². The Balaban J connectivity index is 0.000000571. The minimum atomic E-state index is -0.513. The summed E-state index contributed by atoms with van der Waals surface area (Å²) in [4.78, 5) is 43.5. The maximum Gasteiger partial charge on any atom is 0.297 e. The van der Waals surface area contributed by atoms with Crippen LogP contribution in [0.4, 0.5) is 34.4 Å². The number of aromatic amines is 1. The minimum absolute atomic E-state index is 0. The number of hydrogen-bond donors (Lipinski definition) is 6. The van der Waals surface area contributed by atoms with Crippen LogP contribution in [-0.4, -0.2) is 35.3 Å². The molecule has 13 N–H and O–H groups in total. The predicted molar refractivity (Wildman–Crippen MR) is 158 cm³/mol. The first-order chi connectivity index (χ1) is 18.4. The summed E-state index contributed by atoms with van der Waals surface area (Å²) in [5.41, 5.74) is 17.1. The molecule has 20 heteroatoms. The highest BCUT2D eigenvalue weighted by Crippen LogP contribution is 2.23. The van der Waals surface area contributed by atoms with Gasteiger partial charge in [0.05, 0.1) is 31.7 Å². The van der Waals surface area contributed by atoms with Crippen molar-refractivity contribution in [1.82, 2.24) is 22.3 Å². The predicted octanol–water partition coefficient (Wildman–Crippen LogP) is 4.94. The van der Waals surface area contributed by atoms with Crippen LogP contribution in [0.5, 0.6) is 0 Å². The number of halogens is 2. The molecule has 0 radical (unpaired) electrons. The van der Waals surface area contributed by atoms with Gasteiger partial charge in [-0.15, -0.1) is 0 Å². The molecular formula is C21H24Cl2N12O6. The van der Waals surface area contributed by atoms with Crippen LogP contribution in [0, 0.1) is 30.3 Å². The smallest absolute Gasteiger partial charge is 0.297 e. The summed E-state index contributed by atoms with van der Waals surface area (Å²) < 4.78 is -0.180. The third-order valence-electron chi connectivity index (χ3n) is 4.26. The molecule has 41 heavy (non-hydrogen) atoms. The molecule has 0 aliphatic heterocycles. The van der Waals surface area contributed by atoms with Crippen LogP contribution < -0.4 is 29.5 Å². The van der Waals surface area contributed by atoms with Gasteiger partial charge >= 0.3 is 0 Å². The number of benzene rings is 3. The standard InChI is InChI=1S/C7H4Cl2N2O2.C7H6N4O2.C7H8N4O2.2H3N/c8-7(9)10-5-2-1-3-6(4-5)11(12)13;8-7-9-4-2-1-3-5(11(12)13)6(4)10-7;8-7(9)10-5-2-1-3-6(4-5)11(12)13;;/h1-4H;1-3H,(H3,8,9,10);1-4H,(H4,8,9,10);2*1H3. The number of nitrogen functional groups attached to an aromatic ring is 1. The van der Waals surface area contributed by atoms with E-state index in [1.54, 1.807) is 24.3 Å². The Labute approximate surface area is 240 Å². The first-order valence-electron chi connectivity index (χ1n) is 10.2. The van der Waals surface area contributed by atoms with Crippen molar-refractivity contribution in [3.8, 4) is 0 Å². The highest BCUT2D eigenvalue weighted by Gasteiger charge is 2.14. The van der Waals surface area contributed by atoms with E-state index in [0.717, 1.165) is 0 Å². The maximum atomic E-state index is 10.5. The minimum Gasteiger partial charge on any atom is -0.370 e. The van der Waals surface area contributed by atoms with Crippen molar-refractivity contribution < 1.29 is 14.8 Å². The summed E-state index contributed by atoms with van der Waals surface area (Å²) in [6, 6.07) is 16.1. The number of imidazole rings is 1. The van der Waals surface area contributed by atoms with Crippen molar-refractivity contribution in [2.75, 3.05) is 5.73 Å². The number of non-ortho nitro benzene ring substituents is 3. The number of nitrogens with zero attached hydrogens (tertiary/aromatic N) is 6. The number of aromatic nitrogens is 2. The molecule has 4 rings (SSSR count). The van der Waals surface area contributed by atoms with Crippen LogP contribution in [0.25, 0.3) is 11.0 Å². The average Bonchev–Trinajstić information content (AvgIpc) is 3.24. The number of hydrogen-bond acceptors (Lipinski definition) is 12. The molecule has 0 aliphatic carbocycles. The molecule has 0 spiro atoms. The molecule has 3 aromatic carbocycles. The monoisotopic (exact) mass is 610 g/mol. The summed E-state index contributed by atoms with van der Waals surface area (Å²) in [6.07, 6.45) is 0. The largest absolute Gasteiger partial charge is 0.370 e. The van der Waals surface area contributed by atoms with Gasteiger partial charge in [0.25, 0.3) is 17.1 Å². The Kier molecular flexibility index (Phi) is 14.3. The van der Waals surface area contributed by atoms with Crippen LogP contribution in [0.1, 0.15) is 0 Å². The number of nitrogens with two attached hydrogens (primary N) is 3. The van der Waals surface area contributed by atoms with E-state index in [1.807, 2.05) is 0 Å². The van der Waals surface area contributed by atoms with Crippen LogP contribution in [0.3, 0.4) is 0 Å². The first-order valence-corrected chi connectivity index (χ1v) is 11.0. The van der Waals surface area contributed by atoms with Gasteiger partial charge in [0.15, 0.2) is 22.1 Å². The zero-order chi connectivity index (χ0) is 29.1. The number of para-hydroxylation sites is 1. The van der Waals surface area contributed by atoms with E-state index in [9.17, 15) is 30.3 Å². The fraction of sp³-hybridized carbons (Fsp3) is 0. The number of fused-ring (bicyclic) bond motifs is 1. The van der Waals surface area contributed by atoms with E-state index in [0.29, 0.717) is 22.4 Å². The Morgan fingerprint density at radius 1 is 0.780 bits per heavy atom. The van der Waals surface area contributed by atoms with Gasteiger partial charge in [-0.25, -0.2) is 15.0 Å². The molecule has 18 nitrogen and oxygen atoms in total. The lowest BCUT2D eigenvalue weighted by Crippen LogP contribution is -2.21. The number of rotatable bonds is 5. The second kappa shape index (κ2) is 16.5. The summed E-state index contributed by atoms with van der Waals surface area (Å²) in [6.45, 7) is 0. The molecular weight excluding hydrogens is 587 g/mol. The highest BCUT2D eigenvalue weighted by atomic mass is 35.5. The maximum absolute atomic E-state index is 10.5. The van der Waals surface area contributed by atoms with Gasteiger partial charge in [-0.3, -0.25) is 30.3 Å². The Morgan fingerprint density at radius 2 is 1.27 bits per heavy atom. The van der Waals surface area contributed by atoms with Crippen LogP contribution in [-0.2, 0) is 0 Å². The SMILES string of the molecule is N.N.NC(N)=Nc1cccc([N+](=O)[O-])c1.Nc1nc2c([N+](=O)[O-])cccc2[nH]1.O=[N+]([O-])c1cccc(N=C(Cl)Cl)c1. The molecule has 0 saturated carbocycles. The molecule has 0 saturated heterocycles. The molecule has 1 aromatic heterocycles. The topological polar surface area (TPSA) is 331 Å². The van der Waals surface area contributed by atoms with E-state index in [1.165, 1.54) is 42.5 Å². The summed E-state index contributed by atoms with van der Waals surface area (Å²) >= 11 is 10.6. The summed E-state index contributed by atoms with van der Waals surface area (Å²) in [5.74, 6) is 0.0600. The van der Waals surface area contributed by atoms with Crippen LogP contribution in [0.15, 0.2) is 76.7 Å². The quantitative estimate of drug-likeness (QED) is 0.0756. The molecule has 0 amide bonds. The van der Waals surface area contributed by atoms with Gasteiger partial charge < -0.3 is 34.5 Å². The second-order valence-electron chi connectivity index (χ2n) is 7.00. The number of H-pyrrole nitrogens is 1. The Bertz CT molecular complexity index is 1500. The normalized spacial score (nSPS) is 9.22. The molecule has 218 valence electrons. The van der Waals surface area contributed by atoms with Gasteiger partial charge in [0.2, 0.25) is 0 Å². The number of anilines is 1. The van der Waals surface area contributed by atoms with Gasteiger partial charge in [0, 0.05) is 30.3 Å². The van der Waals surface area contributed by atoms with Crippen molar-refractivity contribution in [2.24, 2.45) is 21.5 Å². The summed E-state index contributed by atoms with van der Waals surface area (Å²) in [7, 11) is 0. The second-order valence-corrected chi connectivity index (χ2v) is 7.90. The van der Waals surface area contributed by atoms with Gasteiger partial charge in [-0.1, -0.05) is 18.2 Å². The molecule has 0 fully saturated rings. The van der Waals surface area contributed by atoms with Crippen molar-refractivity contribution in [3.63, 3.8) is 0 Å². The van der Waals surface area contributed by atoms with Gasteiger partial charge in [-0.05, 0) is 41.4 Å². The van der Waals surface area contributed by atoms with E-state index in [2.05, 4.69) is 20.0 Å². The zero-order valence-electron chi connectivity index (χ0n) is 20.9.